The predicted octanol–water partition coefficient (Wildman–Crippen LogP) is 4.31. The number of benzene rings is 2. The molecule has 1 atom stereocenters. The van der Waals surface area contributed by atoms with Crippen LogP contribution < -0.4 is 0 Å². The van der Waals surface area contributed by atoms with Gasteiger partial charge in [0.2, 0.25) is 0 Å². The fourth-order valence-electron chi connectivity index (χ4n) is 1.83. The highest BCUT2D eigenvalue weighted by atomic mass is 19.4. The average molecular weight is 265 g/mol. The minimum absolute atomic E-state index is 0.165. The highest BCUT2D eigenvalue weighted by molar-refractivity contribution is 5.22. The second-order valence-electron chi connectivity index (χ2n) is 4.08. The van der Waals surface area contributed by atoms with Gasteiger partial charge in [-0.05, 0) is 17.2 Å². The molecule has 0 saturated carbocycles. The molecule has 0 saturated heterocycles. The van der Waals surface area contributed by atoms with Gasteiger partial charge in [0.15, 0.2) is 0 Å². The van der Waals surface area contributed by atoms with Gasteiger partial charge in [0.1, 0.15) is 0 Å². The zero-order valence-electron chi connectivity index (χ0n) is 10.0. The van der Waals surface area contributed by atoms with Crippen LogP contribution in [-0.4, -0.2) is 6.36 Å². The summed E-state index contributed by atoms with van der Waals surface area (Å²) in [5.74, 6) is 0. The summed E-state index contributed by atoms with van der Waals surface area (Å²) in [6, 6.07) is 18.0. The molecule has 2 aromatic rings. The zero-order chi connectivity index (χ0) is 13.7. The molecule has 2 aromatic carbocycles. The Labute approximate surface area is 109 Å². The normalized spacial score (nSPS) is 13.2. The number of hydrogen-bond acceptors (Lipinski definition) is 1. The van der Waals surface area contributed by atoms with Crippen LogP contribution in [0.5, 0.6) is 0 Å². The van der Waals surface area contributed by atoms with Crippen molar-refractivity contribution >= 4 is 0 Å². The van der Waals surface area contributed by atoms with E-state index in [4.69, 9.17) is 0 Å². The van der Waals surface area contributed by atoms with Crippen molar-refractivity contribution in [1.29, 1.82) is 0 Å². The Hall–Kier alpha value is -1.81. The minimum atomic E-state index is -4.65. The van der Waals surface area contributed by atoms with Crippen LogP contribution in [-0.2, 0) is 11.2 Å². The summed E-state index contributed by atoms with van der Waals surface area (Å²) in [6.07, 6.45) is -5.52. The third-order valence-corrected chi connectivity index (χ3v) is 2.66. The number of rotatable bonds is 4. The van der Waals surface area contributed by atoms with Crippen molar-refractivity contribution < 1.29 is 17.9 Å². The van der Waals surface area contributed by atoms with Gasteiger partial charge in [0, 0.05) is 6.42 Å². The van der Waals surface area contributed by atoms with Crippen molar-refractivity contribution in [2.75, 3.05) is 0 Å². The zero-order valence-corrected chi connectivity index (χ0v) is 10.0. The summed E-state index contributed by atoms with van der Waals surface area (Å²) in [7, 11) is 0. The molecule has 0 spiro atoms. The number of halogens is 3. The summed E-state index contributed by atoms with van der Waals surface area (Å²) in [5.41, 5.74) is 1.28. The molecule has 1 unspecified atom stereocenters. The number of alkyl halides is 3. The Morgan fingerprint density at radius 3 is 2.21 bits per heavy atom. The molecule has 19 heavy (non-hydrogen) atoms. The molecule has 0 aliphatic rings. The number of hydrogen-bond donors (Lipinski definition) is 0. The Bertz CT molecular complexity index is 494. The first-order valence-electron chi connectivity index (χ1n) is 5.79. The molecular formula is C15H12F3O. The maximum absolute atomic E-state index is 12.5. The van der Waals surface area contributed by atoms with Crippen molar-refractivity contribution in [2.24, 2.45) is 0 Å². The van der Waals surface area contributed by atoms with Gasteiger partial charge in [-0.2, -0.15) is 0 Å². The molecule has 0 heterocycles. The topological polar surface area (TPSA) is 9.23 Å². The summed E-state index contributed by atoms with van der Waals surface area (Å²) >= 11 is 0. The maximum atomic E-state index is 12.5. The Balaban J connectivity index is 2.20. The van der Waals surface area contributed by atoms with Gasteiger partial charge in [-0.1, -0.05) is 54.6 Å². The van der Waals surface area contributed by atoms with Gasteiger partial charge < -0.3 is 0 Å². The highest BCUT2D eigenvalue weighted by Crippen LogP contribution is 2.30. The lowest BCUT2D eigenvalue weighted by atomic mass is 10.0. The second-order valence-corrected chi connectivity index (χ2v) is 4.08. The Morgan fingerprint density at radius 2 is 1.63 bits per heavy atom. The lowest BCUT2D eigenvalue weighted by molar-refractivity contribution is -0.344. The van der Waals surface area contributed by atoms with Crippen LogP contribution in [0.1, 0.15) is 17.2 Å². The third kappa shape index (κ3) is 4.41. The molecule has 2 rings (SSSR count). The fraction of sp³-hybridized carbons (Fsp3) is 0.200. The molecule has 1 nitrogen and oxygen atoms in total. The maximum Gasteiger partial charge on any atom is 0.523 e. The van der Waals surface area contributed by atoms with E-state index in [9.17, 15) is 13.2 Å². The molecule has 0 aromatic heterocycles. The van der Waals surface area contributed by atoms with E-state index >= 15 is 0 Å². The Kier molecular flexibility index (Phi) is 4.22. The van der Waals surface area contributed by atoms with Gasteiger partial charge in [0.25, 0.3) is 0 Å². The van der Waals surface area contributed by atoms with Crippen LogP contribution in [0, 0.1) is 6.07 Å². The molecular weight excluding hydrogens is 253 g/mol. The third-order valence-electron chi connectivity index (χ3n) is 2.66. The minimum Gasteiger partial charge on any atom is -0.283 e. The van der Waals surface area contributed by atoms with Crippen molar-refractivity contribution in [1.82, 2.24) is 0 Å². The van der Waals surface area contributed by atoms with E-state index in [1.807, 2.05) is 0 Å². The van der Waals surface area contributed by atoms with Gasteiger partial charge in [-0.15, -0.1) is 13.2 Å². The molecule has 0 N–H and O–H groups in total. The molecule has 0 aliphatic carbocycles. The monoisotopic (exact) mass is 265 g/mol. The van der Waals surface area contributed by atoms with Crippen LogP contribution in [0.3, 0.4) is 0 Å². The summed E-state index contributed by atoms with van der Waals surface area (Å²) in [5, 5.41) is 0. The van der Waals surface area contributed by atoms with Crippen LogP contribution in [0.25, 0.3) is 0 Å². The first-order chi connectivity index (χ1) is 9.04. The molecule has 4 heteroatoms. The molecule has 0 fully saturated rings. The first kappa shape index (κ1) is 13.6. The largest absolute Gasteiger partial charge is 0.523 e. The first-order valence-corrected chi connectivity index (χ1v) is 5.79. The summed E-state index contributed by atoms with van der Waals surface area (Å²) in [4.78, 5) is 0. The molecule has 1 radical (unpaired) electrons. The van der Waals surface area contributed by atoms with Crippen LogP contribution in [0.15, 0.2) is 54.6 Å². The van der Waals surface area contributed by atoms with Crippen molar-refractivity contribution in [3.8, 4) is 0 Å². The van der Waals surface area contributed by atoms with Gasteiger partial charge in [-0.25, -0.2) is 0 Å². The molecule has 0 bridgehead atoms. The SMILES string of the molecule is FC(F)(F)OC(Cc1cc[c]cc1)c1ccccc1. The smallest absolute Gasteiger partial charge is 0.283 e. The highest BCUT2D eigenvalue weighted by Gasteiger charge is 2.34. The van der Waals surface area contributed by atoms with Crippen LogP contribution >= 0.6 is 0 Å². The molecule has 99 valence electrons. The van der Waals surface area contributed by atoms with E-state index in [0.717, 1.165) is 5.56 Å². The van der Waals surface area contributed by atoms with E-state index in [1.54, 1.807) is 54.6 Å². The van der Waals surface area contributed by atoms with E-state index < -0.39 is 12.5 Å². The number of ether oxygens (including phenoxy) is 1. The standard InChI is InChI=1S/C15H12F3O/c16-15(17,18)19-14(13-9-5-2-6-10-13)11-12-7-3-1-4-8-12/h2-10,14H,11H2. The van der Waals surface area contributed by atoms with E-state index in [1.165, 1.54) is 0 Å². The van der Waals surface area contributed by atoms with Crippen molar-refractivity contribution in [3.05, 3.63) is 71.8 Å². The lowest BCUT2D eigenvalue weighted by Crippen LogP contribution is -2.19. The van der Waals surface area contributed by atoms with E-state index in [-0.39, 0.29) is 6.42 Å². The van der Waals surface area contributed by atoms with Crippen LogP contribution in [0.2, 0.25) is 0 Å². The summed E-state index contributed by atoms with van der Waals surface area (Å²) < 4.78 is 41.6. The predicted molar refractivity (Wildman–Crippen MR) is 65.3 cm³/mol. The van der Waals surface area contributed by atoms with Gasteiger partial charge in [-0.3, -0.25) is 4.74 Å². The summed E-state index contributed by atoms with van der Waals surface area (Å²) in [6.45, 7) is 0. The Morgan fingerprint density at radius 1 is 1.00 bits per heavy atom. The second kappa shape index (κ2) is 5.89. The fourth-order valence-corrected chi connectivity index (χ4v) is 1.83. The van der Waals surface area contributed by atoms with E-state index in [2.05, 4.69) is 10.8 Å². The van der Waals surface area contributed by atoms with E-state index in [0.29, 0.717) is 5.56 Å². The molecule has 0 aliphatic heterocycles. The average Bonchev–Trinajstić information content (AvgIpc) is 2.39. The molecule has 0 amide bonds. The lowest BCUT2D eigenvalue weighted by Gasteiger charge is -2.20. The quantitative estimate of drug-likeness (QED) is 0.800. The van der Waals surface area contributed by atoms with Crippen molar-refractivity contribution in [3.63, 3.8) is 0 Å². The van der Waals surface area contributed by atoms with Crippen LogP contribution in [0.4, 0.5) is 13.2 Å². The van der Waals surface area contributed by atoms with Gasteiger partial charge in [0.05, 0.1) is 6.10 Å². The van der Waals surface area contributed by atoms with Crippen molar-refractivity contribution in [2.45, 2.75) is 18.9 Å². The van der Waals surface area contributed by atoms with Gasteiger partial charge >= 0.3 is 6.36 Å².